The van der Waals surface area contributed by atoms with E-state index in [1.807, 2.05) is 24.3 Å². The van der Waals surface area contributed by atoms with Crippen molar-refractivity contribution >= 4 is 11.6 Å². The lowest BCUT2D eigenvalue weighted by atomic mass is 10.2. The summed E-state index contributed by atoms with van der Waals surface area (Å²) in [6, 6.07) is 8.07. The summed E-state index contributed by atoms with van der Waals surface area (Å²) in [5, 5.41) is 13.8. The second-order valence-electron chi connectivity index (χ2n) is 4.11. The van der Waals surface area contributed by atoms with Crippen molar-refractivity contribution in [3.8, 4) is 0 Å². The van der Waals surface area contributed by atoms with Gasteiger partial charge in [0.05, 0.1) is 6.10 Å². The van der Waals surface area contributed by atoms with E-state index in [1.54, 1.807) is 0 Å². The average molecular weight is 226 g/mol. The first-order chi connectivity index (χ1) is 7.25. The molecule has 2 rings (SSSR count). The molecule has 15 heavy (non-hydrogen) atoms. The summed E-state index contributed by atoms with van der Waals surface area (Å²) in [6.07, 6.45) is 2.96. The number of aliphatic hydroxyl groups excluding tert-OH is 1. The first-order valence-electron chi connectivity index (χ1n) is 5.41. The van der Waals surface area contributed by atoms with Gasteiger partial charge in [0.1, 0.15) is 0 Å². The molecule has 82 valence electrons. The third-order valence-corrected chi connectivity index (χ3v) is 3.21. The fraction of sp³-hybridized carbons (Fsp3) is 0.500. The van der Waals surface area contributed by atoms with Crippen LogP contribution in [0.25, 0.3) is 0 Å². The molecule has 0 aliphatic heterocycles. The smallest absolute Gasteiger partial charge is 0.0693 e. The van der Waals surface area contributed by atoms with Crippen molar-refractivity contribution in [2.24, 2.45) is 0 Å². The highest BCUT2D eigenvalue weighted by atomic mass is 35.5. The first-order valence-corrected chi connectivity index (χ1v) is 5.79. The van der Waals surface area contributed by atoms with Crippen LogP contribution in [-0.2, 0) is 6.54 Å². The van der Waals surface area contributed by atoms with Crippen LogP contribution in [0, 0.1) is 0 Å². The standard InChI is InChI=1S/C12H16ClNO/c13-10-6-4-9(5-7-10)8-14-11-2-1-3-12(11)15/h4-7,11-12,14-15H,1-3,8H2/t11-,12-/m0/s1. The van der Waals surface area contributed by atoms with Gasteiger partial charge in [-0.2, -0.15) is 0 Å². The Kier molecular flexibility index (Phi) is 3.62. The molecule has 0 aromatic heterocycles. The van der Waals surface area contributed by atoms with Crippen LogP contribution in [0.15, 0.2) is 24.3 Å². The van der Waals surface area contributed by atoms with Gasteiger partial charge in [-0.3, -0.25) is 0 Å². The van der Waals surface area contributed by atoms with Gasteiger partial charge in [-0.25, -0.2) is 0 Å². The Morgan fingerprint density at radius 2 is 2.00 bits per heavy atom. The van der Waals surface area contributed by atoms with Crippen molar-refractivity contribution in [1.82, 2.24) is 5.32 Å². The van der Waals surface area contributed by atoms with Crippen LogP contribution in [0.5, 0.6) is 0 Å². The molecular formula is C12H16ClNO. The van der Waals surface area contributed by atoms with Crippen molar-refractivity contribution in [3.05, 3.63) is 34.9 Å². The summed E-state index contributed by atoms with van der Waals surface area (Å²) in [5.74, 6) is 0. The Morgan fingerprint density at radius 1 is 1.27 bits per heavy atom. The Hall–Kier alpha value is -0.570. The Bertz CT molecular complexity index is 312. The predicted octanol–water partition coefficient (Wildman–Crippen LogP) is 2.34. The molecular weight excluding hydrogens is 210 g/mol. The van der Waals surface area contributed by atoms with E-state index in [0.29, 0.717) is 0 Å². The summed E-state index contributed by atoms with van der Waals surface area (Å²) in [4.78, 5) is 0. The van der Waals surface area contributed by atoms with Crippen LogP contribution in [0.1, 0.15) is 24.8 Å². The summed E-state index contributed by atoms with van der Waals surface area (Å²) in [5.41, 5.74) is 1.21. The number of nitrogens with one attached hydrogen (secondary N) is 1. The highest BCUT2D eigenvalue weighted by molar-refractivity contribution is 6.30. The SMILES string of the molecule is O[C@H]1CCC[C@@H]1NCc1ccc(Cl)cc1. The molecule has 1 aromatic carbocycles. The molecule has 0 amide bonds. The van der Waals surface area contributed by atoms with Crippen LogP contribution in [0.3, 0.4) is 0 Å². The Balaban J connectivity index is 1.85. The van der Waals surface area contributed by atoms with Crippen molar-refractivity contribution in [2.45, 2.75) is 38.0 Å². The normalized spacial score (nSPS) is 25.7. The van der Waals surface area contributed by atoms with E-state index in [2.05, 4.69) is 5.32 Å². The maximum atomic E-state index is 9.63. The van der Waals surface area contributed by atoms with Gasteiger partial charge in [-0.15, -0.1) is 0 Å². The number of hydrogen-bond donors (Lipinski definition) is 2. The maximum Gasteiger partial charge on any atom is 0.0693 e. The van der Waals surface area contributed by atoms with E-state index in [9.17, 15) is 5.11 Å². The minimum absolute atomic E-state index is 0.169. The molecule has 2 N–H and O–H groups in total. The van der Waals surface area contributed by atoms with Gasteiger partial charge in [0.2, 0.25) is 0 Å². The number of hydrogen-bond acceptors (Lipinski definition) is 2. The number of halogens is 1. The van der Waals surface area contributed by atoms with Crippen LogP contribution in [0.2, 0.25) is 5.02 Å². The van der Waals surface area contributed by atoms with Crippen LogP contribution >= 0.6 is 11.6 Å². The van der Waals surface area contributed by atoms with E-state index in [-0.39, 0.29) is 12.1 Å². The zero-order chi connectivity index (χ0) is 10.7. The highest BCUT2D eigenvalue weighted by Gasteiger charge is 2.24. The van der Waals surface area contributed by atoms with Gasteiger partial charge in [0.15, 0.2) is 0 Å². The molecule has 0 heterocycles. The van der Waals surface area contributed by atoms with Crippen molar-refractivity contribution in [3.63, 3.8) is 0 Å². The average Bonchev–Trinajstić information content (AvgIpc) is 2.63. The topological polar surface area (TPSA) is 32.3 Å². The monoisotopic (exact) mass is 225 g/mol. The summed E-state index contributed by atoms with van der Waals surface area (Å²) in [7, 11) is 0. The molecule has 0 radical (unpaired) electrons. The van der Waals surface area contributed by atoms with Crippen molar-refractivity contribution < 1.29 is 5.11 Å². The number of benzene rings is 1. The summed E-state index contributed by atoms with van der Waals surface area (Å²) >= 11 is 5.80. The number of rotatable bonds is 3. The Labute approximate surface area is 95.3 Å². The third kappa shape index (κ3) is 2.94. The minimum Gasteiger partial charge on any atom is -0.392 e. The summed E-state index contributed by atoms with van der Waals surface area (Å²) in [6.45, 7) is 0.804. The van der Waals surface area contributed by atoms with Crippen LogP contribution < -0.4 is 5.32 Å². The number of aliphatic hydroxyl groups is 1. The van der Waals surface area contributed by atoms with Crippen LogP contribution in [-0.4, -0.2) is 17.3 Å². The van der Waals surface area contributed by atoms with E-state index in [4.69, 9.17) is 11.6 Å². The lowest BCUT2D eigenvalue weighted by molar-refractivity contribution is 0.148. The molecule has 2 atom stereocenters. The third-order valence-electron chi connectivity index (χ3n) is 2.96. The van der Waals surface area contributed by atoms with Gasteiger partial charge in [-0.05, 0) is 37.0 Å². The second kappa shape index (κ2) is 4.97. The van der Waals surface area contributed by atoms with E-state index in [1.165, 1.54) is 5.56 Å². The molecule has 1 aromatic rings. The van der Waals surface area contributed by atoms with E-state index in [0.717, 1.165) is 30.8 Å². The van der Waals surface area contributed by atoms with Gasteiger partial charge in [-0.1, -0.05) is 23.7 Å². The largest absolute Gasteiger partial charge is 0.392 e. The molecule has 3 heteroatoms. The highest BCUT2D eigenvalue weighted by Crippen LogP contribution is 2.19. The van der Waals surface area contributed by atoms with Gasteiger partial charge < -0.3 is 10.4 Å². The quantitative estimate of drug-likeness (QED) is 0.828. The van der Waals surface area contributed by atoms with E-state index < -0.39 is 0 Å². The fourth-order valence-electron chi connectivity index (χ4n) is 2.03. The lowest BCUT2D eigenvalue weighted by Gasteiger charge is -2.16. The van der Waals surface area contributed by atoms with Gasteiger partial charge >= 0.3 is 0 Å². The maximum absolute atomic E-state index is 9.63. The molecule has 2 nitrogen and oxygen atoms in total. The molecule has 0 unspecified atom stereocenters. The molecule has 0 spiro atoms. The minimum atomic E-state index is -0.169. The lowest BCUT2D eigenvalue weighted by Crippen LogP contribution is -2.34. The summed E-state index contributed by atoms with van der Waals surface area (Å²) < 4.78 is 0. The zero-order valence-corrected chi connectivity index (χ0v) is 9.37. The molecule has 1 fully saturated rings. The van der Waals surface area contributed by atoms with Gasteiger partial charge in [0.25, 0.3) is 0 Å². The zero-order valence-electron chi connectivity index (χ0n) is 8.62. The molecule has 1 aliphatic carbocycles. The molecule has 0 bridgehead atoms. The second-order valence-corrected chi connectivity index (χ2v) is 4.55. The van der Waals surface area contributed by atoms with Crippen molar-refractivity contribution in [2.75, 3.05) is 0 Å². The van der Waals surface area contributed by atoms with Crippen LogP contribution in [0.4, 0.5) is 0 Å². The fourth-order valence-corrected chi connectivity index (χ4v) is 2.16. The van der Waals surface area contributed by atoms with Gasteiger partial charge in [0, 0.05) is 17.6 Å². The molecule has 1 saturated carbocycles. The first kappa shape index (κ1) is 10.9. The Morgan fingerprint density at radius 3 is 2.60 bits per heavy atom. The molecule has 1 aliphatic rings. The van der Waals surface area contributed by atoms with Crippen molar-refractivity contribution in [1.29, 1.82) is 0 Å². The molecule has 0 saturated heterocycles. The predicted molar refractivity (Wildman–Crippen MR) is 61.9 cm³/mol. The van der Waals surface area contributed by atoms with E-state index >= 15 is 0 Å².